The molecule has 2 N–H and O–H groups in total. The minimum absolute atomic E-state index is 0.764. The maximum absolute atomic E-state index is 5.51. The van der Waals surface area contributed by atoms with E-state index in [4.69, 9.17) is 10.5 Å². The molecule has 0 bridgehead atoms. The van der Waals surface area contributed by atoms with Crippen LogP contribution in [0.25, 0.3) is 0 Å². The van der Waals surface area contributed by atoms with Gasteiger partial charge in [0.05, 0.1) is 7.11 Å². The standard InChI is InChI=1S/C13H20BrNO/c1-9-8-12(14)11(6-4-5-7-15)10(2)13(9)16-3/h8H,4-7,15H2,1-3H3. The van der Waals surface area contributed by atoms with Gasteiger partial charge in [-0.2, -0.15) is 0 Å². The van der Waals surface area contributed by atoms with Gasteiger partial charge in [0.15, 0.2) is 0 Å². The molecule has 1 aromatic carbocycles. The van der Waals surface area contributed by atoms with Crippen LogP contribution < -0.4 is 10.5 Å². The summed E-state index contributed by atoms with van der Waals surface area (Å²) in [7, 11) is 1.73. The Bertz CT molecular complexity index is 363. The molecule has 1 aromatic rings. The Morgan fingerprint density at radius 1 is 1.31 bits per heavy atom. The normalized spacial score (nSPS) is 10.6. The fourth-order valence-corrected chi connectivity index (χ4v) is 2.86. The first-order chi connectivity index (χ1) is 7.61. The van der Waals surface area contributed by atoms with E-state index in [2.05, 4.69) is 35.8 Å². The smallest absolute Gasteiger partial charge is 0.125 e. The number of methoxy groups -OCH3 is 1. The van der Waals surface area contributed by atoms with Gasteiger partial charge in [-0.05, 0) is 62.4 Å². The van der Waals surface area contributed by atoms with E-state index in [0.29, 0.717) is 0 Å². The molecule has 0 aliphatic heterocycles. The zero-order chi connectivity index (χ0) is 12.1. The summed E-state index contributed by atoms with van der Waals surface area (Å²) in [4.78, 5) is 0. The Labute approximate surface area is 106 Å². The number of aryl methyl sites for hydroxylation is 1. The molecule has 0 amide bonds. The minimum atomic E-state index is 0.764. The Morgan fingerprint density at radius 3 is 2.56 bits per heavy atom. The van der Waals surface area contributed by atoms with Gasteiger partial charge in [0.2, 0.25) is 0 Å². The number of halogens is 1. The van der Waals surface area contributed by atoms with E-state index in [1.807, 2.05) is 0 Å². The second-order valence-electron chi connectivity index (χ2n) is 4.06. The molecule has 3 heteroatoms. The zero-order valence-electron chi connectivity index (χ0n) is 10.3. The summed E-state index contributed by atoms with van der Waals surface area (Å²) in [6.45, 7) is 4.95. The van der Waals surface area contributed by atoms with Crippen molar-refractivity contribution in [3.8, 4) is 5.75 Å². The van der Waals surface area contributed by atoms with Crippen molar-refractivity contribution in [2.75, 3.05) is 13.7 Å². The molecular formula is C13H20BrNO. The van der Waals surface area contributed by atoms with Crippen molar-refractivity contribution in [1.82, 2.24) is 0 Å². The van der Waals surface area contributed by atoms with Crippen molar-refractivity contribution in [3.63, 3.8) is 0 Å². The summed E-state index contributed by atoms with van der Waals surface area (Å²) in [6.07, 6.45) is 3.25. The third-order valence-corrected chi connectivity index (χ3v) is 3.58. The van der Waals surface area contributed by atoms with Crippen LogP contribution in [0.1, 0.15) is 29.5 Å². The van der Waals surface area contributed by atoms with Crippen molar-refractivity contribution < 1.29 is 4.74 Å². The quantitative estimate of drug-likeness (QED) is 0.842. The second kappa shape index (κ2) is 6.26. The molecule has 0 aromatic heterocycles. The van der Waals surface area contributed by atoms with Crippen molar-refractivity contribution >= 4 is 15.9 Å². The predicted molar refractivity (Wildman–Crippen MR) is 72.2 cm³/mol. The van der Waals surface area contributed by atoms with Gasteiger partial charge in [0.25, 0.3) is 0 Å². The lowest BCUT2D eigenvalue weighted by atomic mass is 9.99. The molecule has 2 nitrogen and oxygen atoms in total. The summed E-state index contributed by atoms with van der Waals surface area (Å²) in [6, 6.07) is 2.13. The van der Waals surface area contributed by atoms with Crippen molar-refractivity contribution in [3.05, 3.63) is 27.2 Å². The fourth-order valence-electron chi connectivity index (χ4n) is 2.02. The van der Waals surface area contributed by atoms with E-state index in [-0.39, 0.29) is 0 Å². The summed E-state index contributed by atoms with van der Waals surface area (Å²) < 4.78 is 6.61. The Morgan fingerprint density at radius 2 is 2.00 bits per heavy atom. The van der Waals surface area contributed by atoms with Gasteiger partial charge in [-0.1, -0.05) is 15.9 Å². The van der Waals surface area contributed by atoms with E-state index in [1.165, 1.54) is 21.2 Å². The van der Waals surface area contributed by atoms with E-state index in [1.54, 1.807) is 7.11 Å². The fraction of sp³-hybridized carbons (Fsp3) is 0.538. The highest BCUT2D eigenvalue weighted by atomic mass is 79.9. The number of nitrogens with two attached hydrogens (primary N) is 1. The topological polar surface area (TPSA) is 35.2 Å². The van der Waals surface area contributed by atoms with Gasteiger partial charge in [0.1, 0.15) is 5.75 Å². The summed E-state index contributed by atoms with van der Waals surface area (Å²) in [5.74, 6) is 1.01. The molecule has 16 heavy (non-hydrogen) atoms. The largest absolute Gasteiger partial charge is 0.496 e. The summed E-state index contributed by atoms with van der Waals surface area (Å²) >= 11 is 3.63. The van der Waals surface area contributed by atoms with E-state index >= 15 is 0 Å². The third kappa shape index (κ3) is 2.98. The molecule has 90 valence electrons. The van der Waals surface area contributed by atoms with Crippen LogP contribution in [0.3, 0.4) is 0 Å². The van der Waals surface area contributed by atoms with Crippen LogP contribution in [-0.4, -0.2) is 13.7 Å². The van der Waals surface area contributed by atoms with Crippen LogP contribution in [0, 0.1) is 13.8 Å². The maximum atomic E-state index is 5.51. The molecule has 1 rings (SSSR count). The van der Waals surface area contributed by atoms with Gasteiger partial charge in [-0.3, -0.25) is 0 Å². The SMILES string of the molecule is COc1c(C)cc(Br)c(CCCCN)c1C. The Kier molecular flexibility index (Phi) is 5.29. The summed E-state index contributed by atoms with van der Waals surface area (Å²) in [5, 5.41) is 0. The first kappa shape index (κ1) is 13.5. The highest BCUT2D eigenvalue weighted by Crippen LogP contribution is 2.32. The third-order valence-electron chi connectivity index (χ3n) is 2.87. The molecule has 0 spiro atoms. The lowest BCUT2D eigenvalue weighted by Gasteiger charge is -2.15. The van der Waals surface area contributed by atoms with Crippen LogP contribution in [-0.2, 0) is 6.42 Å². The van der Waals surface area contributed by atoms with Crippen LogP contribution in [0.15, 0.2) is 10.5 Å². The Hall–Kier alpha value is -0.540. The highest BCUT2D eigenvalue weighted by molar-refractivity contribution is 9.10. The van der Waals surface area contributed by atoms with E-state index in [0.717, 1.165) is 31.6 Å². The number of rotatable bonds is 5. The molecule has 0 fully saturated rings. The molecule has 0 radical (unpaired) electrons. The molecule has 0 aliphatic rings. The average molecular weight is 286 g/mol. The first-order valence-corrected chi connectivity index (χ1v) is 6.43. The molecule has 0 unspecified atom stereocenters. The van der Waals surface area contributed by atoms with Crippen LogP contribution >= 0.6 is 15.9 Å². The molecule has 0 heterocycles. The average Bonchev–Trinajstić information content (AvgIpc) is 2.23. The predicted octanol–water partition coefficient (Wildman–Crippen LogP) is 3.36. The van der Waals surface area contributed by atoms with Crippen LogP contribution in [0.2, 0.25) is 0 Å². The molecule has 0 saturated carbocycles. The van der Waals surface area contributed by atoms with Crippen molar-refractivity contribution in [1.29, 1.82) is 0 Å². The minimum Gasteiger partial charge on any atom is -0.496 e. The van der Waals surface area contributed by atoms with E-state index < -0.39 is 0 Å². The van der Waals surface area contributed by atoms with Crippen LogP contribution in [0.5, 0.6) is 5.75 Å². The molecule has 0 aliphatic carbocycles. The van der Waals surface area contributed by atoms with Gasteiger partial charge < -0.3 is 10.5 Å². The summed E-state index contributed by atoms with van der Waals surface area (Å²) in [5.41, 5.74) is 9.27. The number of unbranched alkanes of at least 4 members (excludes halogenated alkanes) is 1. The maximum Gasteiger partial charge on any atom is 0.125 e. The number of hydrogen-bond acceptors (Lipinski definition) is 2. The highest BCUT2D eigenvalue weighted by Gasteiger charge is 2.11. The number of hydrogen-bond donors (Lipinski definition) is 1. The van der Waals surface area contributed by atoms with Crippen LogP contribution in [0.4, 0.5) is 0 Å². The number of benzene rings is 1. The molecule has 0 atom stereocenters. The second-order valence-corrected chi connectivity index (χ2v) is 4.91. The zero-order valence-corrected chi connectivity index (χ0v) is 11.9. The molecular weight excluding hydrogens is 266 g/mol. The van der Waals surface area contributed by atoms with E-state index in [9.17, 15) is 0 Å². The van der Waals surface area contributed by atoms with Gasteiger partial charge >= 0.3 is 0 Å². The van der Waals surface area contributed by atoms with Gasteiger partial charge in [0, 0.05) is 4.47 Å². The Balaban J connectivity index is 2.98. The number of ether oxygens (including phenoxy) is 1. The monoisotopic (exact) mass is 285 g/mol. The molecule has 0 saturated heterocycles. The first-order valence-electron chi connectivity index (χ1n) is 5.64. The lowest BCUT2D eigenvalue weighted by Crippen LogP contribution is -2.02. The van der Waals surface area contributed by atoms with Crippen molar-refractivity contribution in [2.45, 2.75) is 33.1 Å². The van der Waals surface area contributed by atoms with Gasteiger partial charge in [-0.25, -0.2) is 0 Å². The van der Waals surface area contributed by atoms with Crippen molar-refractivity contribution in [2.24, 2.45) is 5.73 Å². The van der Waals surface area contributed by atoms with Gasteiger partial charge in [-0.15, -0.1) is 0 Å². The lowest BCUT2D eigenvalue weighted by molar-refractivity contribution is 0.407.